The number of hydrogen-bond donors (Lipinski definition) is 0. The molecule has 22 heavy (non-hydrogen) atoms. The largest absolute Gasteiger partial charge is 0.198 e. The Morgan fingerprint density at radius 3 is 2.50 bits per heavy atom. The van der Waals surface area contributed by atoms with Gasteiger partial charge >= 0.3 is 0 Å². The first-order valence-electron chi connectivity index (χ1n) is 10.1. The van der Waals surface area contributed by atoms with Crippen molar-refractivity contribution < 1.29 is 0 Å². The molecule has 0 bridgehead atoms. The Kier molecular flexibility index (Phi) is 5.16. The Hall–Kier alpha value is -0.510. The lowest BCUT2D eigenvalue weighted by molar-refractivity contribution is -0.0173. The van der Waals surface area contributed by atoms with Crippen molar-refractivity contribution in [1.29, 1.82) is 5.26 Å². The Balaban J connectivity index is 1.65. The first-order chi connectivity index (χ1) is 10.7. The molecule has 124 valence electrons. The minimum Gasteiger partial charge on any atom is -0.198 e. The van der Waals surface area contributed by atoms with Crippen molar-refractivity contribution in [3.8, 4) is 6.07 Å². The molecule has 0 N–H and O–H groups in total. The van der Waals surface area contributed by atoms with Gasteiger partial charge in [-0.3, -0.25) is 0 Å². The SMILES string of the molecule is CCCC[C@]1(C#N)CCC2C(CCC3C[C@H](CC)CCC32)C1. The smallest absolute Gasteiger partial charge is 0.0689 e. The summed E-state index contributed by atoms with van der Waals surface area (Å²) in [7, 11) is 0. The molecule has 0 aliphatic heterocycles. The monoisotopic (exact) mass is 301 g/mol. The summed E-state index contributed by atoms with van der Waals surface area (Å²) in [6.07, 6.45) is 16.2. The molecule has 0 saturated heterocycles. The van der Waals surface area contributed by atoms with Gasteiger partial charge in [0.15, 0.2) is 0 Å². The zero-order valence-corrected chi connectivity index (χ0v) is 14.8. The van der Waals surface area contributed by atoms with Crippen LogP contribution in [0, 0.1) is 46.3 Å². The highest BCUT2D eigenvalue weighted by Gasteiger charge is 2.48. The molecule has 3 saturated carbocycles. The van der Waals surface area contributed by atoms with E-state index < -0.39 is 0 Å². The number of rotatable bonds is 4. The van der Waals surface area contributed by atoms with Crippen LogP contribution in [0.5, 0.6) is 0 Å². The zero-order chi connectivity index (χ0) is 15.6. The van der Waals surface area contributed by atoms with Crippen LogP contribution in [0.4, 0.5) is 0 Å². The highest BCUT2D eigenvalue weighted by Crippen LogP contribution is 2.56. The Morgan fingerprint density at radius 2 is 1.77 bits per heavy atom. The second-order valence-corrected chi connectivity index (χ2v) is 8.75. The van der Waals surface area contributed by atoms with Crippen LogP contribution in [0.2, 0.25) is 0 Å². The van der Waals surface area contributed by atoms with E-state index in [0.29, 0.717) is 0 Å². The quantitative estimate of drug-likeness (QED) is 0.594. The molecule has 1 nitrogen and oxygen atoms in total. The van der Waals surface area contributed by atoms with Crippen LogP contribution < -0.4 is 0 Å². The molecule has 3 fully saturated rings. The van der Waals surface area contributed by atoms with E-state index in [1.807, 2.05) is 0 Å². The predicted octanol–water partition coefficient (Wildman–Crippen LogP) is 6.34. The van der Waals surface area contributed by atoms with Crippen molar-refractivity contribution in [1.82, 2.24) is 0 Å². The van der Waals surface area contributed by atoms with Gasteiger partial charge in [-0.25, -0.2) is 0 Å². The van der Waals surface area contributed by atoms with E-state index in [4.69, 9.17) is 0 Å². The number of unbranched alkanes of at least 4 members (excludes halogenated alkanes) is 1. The van der Waals surface area contributed by atoms with Gasteiger partial charge in [0.2, 0.25) is 0 Å². The maximum atomic E-state index is 9.81. The van der Waals surface area contributed by atoms with Crippen LogP contribution in [0.1, 0.15) is 90.9 Å². The van der Waals surface area contributed by atoms with Crippen molar-refractivity contribution in [2.24, 2.45) is 35.0 Å². The summed E-state index contributed by atoms with van der Waals surface area (Å²) in [4.78, 5) is 0. The third-order valence-electron chi connectivity index (χ3n) is 7.65. The molecule has 4 unspecified atom stereocenters. The van der Waals surface area contributed by atoms with E-state index in [0.717, 1.165) is 36.0 Å². The van der Waals surface area contributed by atoms with Crippen molar-refractivity contribution in [3.63, 3.8) is 0 Å². The van der Waals surface area contributed by atoms with Crippen molar-refractivity contribution in [3.05, 3.63) is 0 Å². The average molecular weight is 302 g/mol. The average Bonchev–Trinajstić information content (AvgIpc) is 2.59. The fourth-order valence-electron chi connectivity index (χ4n) is 6.29. The molecule has 0 amide bonds. The summed E-state index contributed by atoms with van der Waals surface area (Å²) in [5, 5.41) is 9.81. The second kappa shape index (κ2) is 6.94. The van der Waals surface area contributed by atoms with Gasteiger partial charge in [-0.15, -0.1) is 0 Å². The summed E-state index contributed by atoms with van der Waals surface area (Å²) in [5.41, 5.74) is 0.0463. The van der Waals surface area contributed by atoms with E-state index in [1.54, 1.807) is 0 Å². The summed E-state index contributed by atoms with van der Waals surface area (Å²) in [6.45, 7) is 4.64. The van der Waals surface area contributed by atoms with Gasteiger partial charge in [-0.2, -0.15) is 5.26 Å². The molecule has 6 atom stereocenters. The molecule has 0 aromatic rings. The van der Waals surface area contributed by atoms with Gasteiger partial charge in [0.1, 0.15) is 0 Å². The zero-order valence-electron chi connectivity index (χ0n) is 14.8. The molecule has 1 heteroatoms. The molecule has 3 aliphatic rings. The van der Waals surface area contributed by atoms with Gasteiger partial charge in [-0.05, 0) is 81.0 Å². The third kappa shape index (κ3) is 3.08. The molecule has 3 aliphatic carbocycles. The van der Waals surface area contributed by atoms with Gasteiger partial charge < -0.3 is 0 Å². The van der Waals surface area contributed by atoms with E-state index in [-0.39, 0.29) is 5.41 Å². The van der Waals surface area contributed by atoms with Crippen molar-refractivity contribution >= 4 is 0 Å². The number of hydrogen-bond acceptors (Lipinski definition) is 1. The maximum Gasteiger partial charge on any atom is 0.0689 e. The van der Waals surface area contributed by atoms with Gasteiger partial charge in [0.25, 0.3) is 0 Å². The van der Waals surface area contributed by atoms with Crippen molar-refractivity contribution in [2.45, 2.75) is 90.9 Å². The Morgan fingerprint density at radius 1 is 1.00 bits per heavy atom. The van der Waals surface area contributed by atoms with Crippen LogP contribution in [-0.2, 0) is 0 Å². The van der Waals surface area contributed by atoms with Crippen LogP contribution in [0.25, 0.3) is 0 Å². The summed E-state index contributed by atoms with van der Waals surface area (Å²) in [6, 6.07) is 2.77. The van der Waals surface area contributed by atoms with Crippen LogP contribution >= 0.6 is 0 Å². The normalized spacial score (nSPS) is 44.7. The fourth-order valence-corrected chi connectivity index (χ4v) is 6.29. The van der Waals surface area contributed by atoms with Crippen LogP contribution in [-0.4, -0.2) is 0 Å². The highest BCUT2D eigenvalue weighted by atomic mass is 14.5. The Bertz CT molecular complexity index is 409. The van der Waals surface area contributed by atoms with Gasteiger partial charge in [0.05, 0.1) is 11.5 Å². The summed E-state index contributed by atoms with van der Waals surface area (Å²) in [5.74, 6) is 4.92. The molecule has 0 spiro atoms. The molecule has 0 heterocycles. The molecular formula is C21H35N. The second-order valence-electron chi connectivity index (χ2n) is 8.75. The van der Waals surface area contributed by atoms with E-state index in [2.05, 4.69) is 19.9 Å². The minimum atomic E-state index is 0.0463. The van der Waals surface area contributed by atoms with Crippen LogP contribution in [0.15, 0.2) is 0 Å². The van der Waals surface area contributed by atoms with Gasteiger partial charge in [-0.1, -0.05) is 39.5 Å². The minimum absolute atomic E-state index is 0.0463. The first-order valence-corrected chi connectivity index (χ1v) is 10.1. The summed E-state index contributed by atoms with van der Waals surface area (Å²) >= 11 is 0. The lowest BCUT2D eigenvalue weighted by Crippen LogP contribution is -2.44. The number of nitrogens with zero attached hydrogens (tertiary/aromatic N) is 1. The van der Waals surface area contributed by atoms with E-state index >= 15 is 0 Å². The molecule has 0 aromatic carbocycles. The third-order valence-corrected chi connectivity index (χ3v) is 7.65. The standard InChI is InChI=1S/C21H35N/c1-3-5-11-21(15-22)12-10-20-18(14-21)8-7-17-13-16(4-2)6-9-19(17)20/h16-20H,3-14H2,1-2H3/t16-,17?,18?,19?,20?,21+/m1/s1. The number of nitriles is 1. The lowest BCUT2D eigenvalue weighted by atomic mass is 9.52. The lowest BCUT2D eigenvalue weighted by Gasteiger charge is -2.52. The number of fused-ring (bicyclic) bond motifs is 3. The highest BCUT2D eigenvalue weighted by molar-refractivity contribution is 5.06. The van der Waals surface area contributed by atoms with E-state index in [1.165, 1.54) is 70.6 Å². The molecule has 3 rings (SSSR count). The summed E-state index contributed by atoms with van der Waals surface area (Å²) < 4.78 is 0. The molecule has 0 radical (unpaired) electrons. The topological polar surface area (TPSA) is 23.8 Å². The van der Waals surface area contributed by atoms with Crippen LogP contribution in [0.3, 0.4) is 0 Å². The molecular weight excluding hydrogens is 266 g/mol. The fraction of sp³-hybridized carbons (Fsp3) is 0.952. The van der Waals surface area contributed by atoms with E-state index in [9.17, 15) is 5.26 Å². The predicted molar refractivity (Wildman–Crippen MR) is 92.2 cm³/mol. The molecule has 0 aromatic heterocycles. The Labute approximate surface area is 137 Å². The first kappa shape index (κ1) is 16.4. The van der Waals surface area contributed by atoms with Crippen molar-refractivity contribution in [2.75, 3.05) is 0 Å². The maximum absolute atomic E-state index is 9.81. The van der Waals surface area contributed by atoms with Gasteiger partial charge in [0, 0.05) is 0 Å².